The van der Waals surface area contributed by atoms with Crippen molar-refractivity contribution in [3.63, 3.8) is 0 Å². The first kappa shape index (κ1) is 26.4. The Morgan fingerprint density at radius 3 is 2.45 bits per heavy atom. The summed E-state index contributed by atoms with van der Waals surface area (Å²) in [6, 6.07) is 6.06. The molecular weight excluding hydrogens is 461 g/mol. The van der Waals surface area contributed by atoms with E-state index < -0.39 is 43.3 Å². The Hall–Kier alpha value is -2.83. The third-order valence-corrected chi connectivity index (χ3v) is 4.89. The van der Waals surface area contributed by atoms with Crippen LogP contribution in [-0.4, -0.2) is 61.9 Å². The smallest absolute Gasteiger partial charge is 0.303 e. The lowest BCUT2D eigenvalue weighted by Gasteiger charge is -2.20. The predicted molar refractivity (Wildman–Crippen MR) is 116 cm³/mol. The summed E-state index contributed by atoms with van der Waals surface area (Å²) in [5.74, 6) is -0.970. The summed E-state index contributed by atoms with van der Waals surface area (Å²) in [4.78, 5) is 14.7. The monoisotopic (exact) mass is 485 g/mol. The maximum Gasteiger partial charge on any atom is 0.303 e. The molecule has 10 nitrogen and oxygen atoms in total. The minimum atomic E-state index is -1.21. The van der Waals surface area contributed by atoms with Crippen molar-refractivity contribution in [1.82, 2.24) is 10.1 Å². The highest BCUT2D eigenvalue weighted by atomic mass is 35.5. The molecule has 0 fully saturated rings. The lowest BCUT2D eigenvalue weighted by Crippen LogP contribution is -2.50. The Labute approximate surface area is 193 Å². The number of fused-ring (bicyclic) bond motifs is 1. The Kier molecular flexibility index (Phi) is 9.50. The van der Waals surface area contributed by atoms with Crippen LogP contribution >= 0.6 is 11.6 Å². The molecule has 180 valence electrons. The number of aliphatic hydroxyl groups is 3. The van der Waals surface area contributed by atoms with Crippen molar-refractivity contribution in [1.29, 1.82) is 0 Å². The van der Waals surface area contributed by atoms with Crippen LogP contribution in [0, 0.1) is 5.82 Å². The number of carbonyl (C=O) groups is 1. The summed E-state index contributed by atoms with van der Waals surface area (Å²) in [7, 11) is 0. The highest BCUT2D eigenvalue weighted by Gasteiger charge is 2.21. The number of aliphatic hydroxyl groups excluding tert-OH is 3. The zero-order valence-electron chi connectivity index (χ0n) is 17.7. The number of nitrogens with zero attached hydrogens (tertiary/aromatic N) is 2. The number of ether oxygens (including phenoxy) is 1. The largest absolute Gasteiger partial charge is 0.483 e. The number of nitrogens with two attached hydrogens (primary N) is 1. The molecule has 1 atom stereocenters. The van der Waals surface area contributed by atoms with Gasteiger partial charge in [0.15, 0.2) is 5.58 Å². The molecule has 0 aliphatic rings. The second kappa shape index (κ2) is 11.9. The van der Waals surface area contributed by atoms with Gasteiger partial charge in [0.2, 0.25) is 0 Å². The number of aliphatic carboxylic acids is 1. The van der Waals surface area contributed by atoms with E-state index in [4.69, 9.17) is 47.0 Å². The normalized spacial score (nSPS) is 12.2. The molecule has 0 aliphatic heterocycles. The van der Waals surface area contributed by atoms with Crippen molar-refractivity contribution in [3.05, 3.63) is 52.7 Å². The lowest BCUT2D eigenvalue weighted by molar-refractivity contribution is -0.136. The van der Waals surface area contributed by atoms with Crippen LogP contribution in [0.25, 0.3) is 11.0 Å². The molecule has 1 aromatic carbocycles. The molecule has 6 N–H and O–H groups in total. The van der Waals surface area contributed by atoms with E-state index >= 15 is 0 Å². The predicted octanol–water partition coefficient (Wildman–Crippen LogP) is 1.83. The zero-order valence-corrected chi connectivity index (χ0v) is 18.5. The molecule has 12 heteroatoms. The molecule has 0 saturated carbocycles. The number of hydrogen-bond acceptors (Lipinski definition) is 9. The fraction of sp³-hybridized carbons (Fsp3) is 0.381. The number of rotatable bonds is 9. The SMILES string of the molecule is C[C@@H](Oc1cc2onc(CCC(=O)O)c2cc1Cl)c1ccc(F)cn1.NC(CO)(CO)CO. The van der Waals surface area contributed by atoms with Crippen LogP contribution in [0.4, 0.5) is 4.39 Å². The van der Waals surface area contributed by atoms with Crippen LogP contribution in [0.1, 0.15) is 30.8 Å². The number of aryl methyl sites for hydroxylation is 1. The molecule has 0 amide bonds. The van der Waals surface area contributed by atoms with E-state index in [1.54, 1.807) is 19.1 Å². The average Bonchev–Trinajstić information content (AvgIpc) is 3.19. The third kappa shape index (κ3) is 7.34. The molecule has 3 aromatic rings. The molecule has 0 bridgehead atoms. The van der Waals surface area contributed by atoms with Gasteiger partial charge in [0.1, 0.15) is 17.7 Å². The fourth-order valence-electron chi connectivity index (χ4n) is 2.51. The molecule has 0 spiro atoms. The van der Waals surface area contributed by atoms with Gasteiger partial charge in [-0.05, 0) is 25.1 Å². The average molecular weight is 486 g/mol. The lowest BCUT2D eigenvalue weighted by atomic mass is 10.1. The summed E-state index contributed by atoms with van der Waals surface area (Å²) in [5.41, 5.74) is 5.46. The highest BCUT2D eigenvalue weighted by Crippen LogP contribution is 2.34. The summed E-state index contributed by atoms with van der Waals surface area (Å²) in [6.07, 6.45) is 0.856. The summed E-state index contributed by atoms with van der Waals surface area (Å²) in [5, 5.41) is 38.7. The van der Waals surface area contributed by atoms with Crippen molar-refractivity contribution in [2.24, 2.45) is 5.73 Å². The van der Waals surface area contributed by atoms with Crippen LogP contribution in [0.15, 0.2) is 35.0 Å². The van der Waals surface area contributed by atoms with E-state index in [-0.39, 0.29) is 12.8 Å². The second-order valence-electron chi connectivity index (χ2n) is 7.30. The van der Waals surface area contributed by atoms with Crippen LogP contribution in [0.5, 0.6) is 5.75 Å². The van der Waals surface area contributed by atoms with Gasteiger partial charge in [0.05, 0.1) is 54.4 Å². The van der Waals surface area contributed by atoms with Gasteiger partial charge in [0.25, 0.3) is 0 Å². The first-order valence-corrected chi connectivity index (χ1v) is 10.2. The number of benzene rings is 1. The van der Waals surface area contributed by atoms with Gasteiger partial charge in [-0.2, -0.15) is 0 Å². The van der Waals surface area contributed by atoms with Crippen molar-refractivity contribution in [2.75, 3.05) is 19.8 Å². The van der Waals surface area contributed by atoms with Gasteiger partial charge < -0.3 is 35.4 Å². The van der Waals surface area contributed by atoms with E-state index in [1.807, 2.05) is 0 Å². The standard InChI is InChI=1S/C17H14ClFN2O4.C4H11NO3/c1-9(13-3-2-10(19)8-20-13)24-16-7-15-11(6-12(16)18)14(21-25-15)4-5-17(22)23;5-4(1-6,2-7)3-8/h2-3,6-9H,4-5H2,1H3,(H,22,23);6-8H,1-3,5H2/t9-;/m1./s1. The first-order valence-electron chi connectivity index (χ1n) is 9.81. The van der Waals surface area contributed by atoms with Gasteiger partial charge in [-0.15, -0.1) is 0 Å². The summed E-state index contributed by atoms with van der Waals surface area (Å²) >= 11 is 6.26. The van der Waals surface area contributed by atoms with Gasteiger partial charge in [-0.1, -0.05) is 16.8 Å². The van der Waals surface area contributed by atoms with Crippen LogP contribution < -0.4 is 10.5 Å². The maximum absolute atomic E-state index is 13.0. The molecule has 0 radical (unpaired) electrons. The van der Waals surface area contributed by atoms with Gasteiger partial charge in [-0.3, -0.25) is 9.78 Å². The van der Waals surface area contributed by atoms with Crippen LogP contribution in [-0.2, 0) is 11.2 Å². The summed E-state index contributed by atoms with van der Waals surface area (Å²) < 4.78 is 24.0. The van der Waals surface area contributed by atoms with E-state index in [1.165, 1.54) is 12.1 Å². The van der Waals surface area contributed by atoms with Gasteiger partial charge >= 0.3 is 5.97 Å². The zero-order chi connectivity index (χ0) is 24.6. The second-order valence-corrected chi connectivity index (χ2v) is 7.71. The van der Waals surface area contributed by atoms with E-state index in [0.717, 1.165) is 6.20 Å². The van der Waals surface area contributed by atoms with Crippen molar-refractivity contribution < 1.29 is 38.9 Å². The number of pyridine rings is 1. The van der Waals surface area contributed by atoms with Crippen molar-refractivity contribution in [3.8, 4) is 5.75 Å². The highest BCUT2D eigenvalue weighted by molar-refractivity contribution is 6.32. The Bertz CT molecular complexity index is 1050. The molecule has 3 rings (SSSR count). The number of carboxylic acid groups (broad SMARTS) is 1. The number of halogens is 2. The molecular formula is C21H25ClFN3O7. The van der Waals surface area contributed by atoms with Gasteiger partial charge in [-0.25, -0.2) is 4.39 Å². The maximum atomic E-state index is 13.0. The number of hydrogen-bond donors (Lipinski definition) is 5. The van der Waals surface area contributed by atoms with E-state index in [2.05, 4.69) is 10.1 Å². The summed E-state index contributed by atoms with van der Waals surface area (Å²) in [6.45, 7) is 0.555. The minimum Gasteiger partial charge on any atom is -0.483 e. The van der Waals surface area contributed by atoms with E-state index in [0.29, 0.717) is 33.1 Å². The fourth-order valence-corrected chi connectivity index (χ4v) is 2.72. The first-order chi connectivity index (χ1) is 15.6. The van der Waals surface area contributed by atoms with Crippen molar-refractivity contribution in [2.45, 2.75) is 31.4 Å². The number of aromatic nitrogens is 2. The minimum absolute atomic E-state index is 0.0508. The molecule has 2 heterocycles. The molecule has 0 unspecified atom stereocenters. The molecule has 0 saturated heterocycles. The molecule has 33 heavy (non-hydrogen) atoms. The van der Waals surface area contributed by atoms with E-state index in [9.17, 15) is 9.18 Å². The Morgan fingerprint density at radius 2 is 1.94 bits per heavy atom. The van der Waals surface area contributed by atoms with Gasteiger partial charge in [0, 0.05) is 17.9 Å². The number of carboxylic acids is 1. The Balaban J connectivity index is 0.000000414. The molecule has 0 aliphatic carbocycles. The molecule has 2 aromatic heterocycles. The third-order valence-electron chi connectivity index (χ3n) is 4.59. The quantitative estimate of drug-likeness (QED) is 0.301. The van der Waals surface area contributed by atoms with Crippen LogP contribution in [0.2, 0.25) is 5.02 Å². The Morgan fingerprint density at radius 1 is 1.27 bits per heavy atom. The topological polar surface area (TPSA) is 172 Å². The van der Waals surface area contributed by atoms with Crippen LogP contribution in [0.3, 0.4) is 0 Å². The van der Waals surface area contributed by atoms with Crippen molar-refractivity contribution >= 4 is 28.5 Å².